The lowest BCUT2D eigenvalue weighted by molar-refractivity contribution is -0.114. The predicted molar refractivity (Wildman–Crippen MR) is 126 cm³/mol. The van der Waals surface area contributed by atoms with Crippen LogP contribution in [0.5, 0.6) is 11.5 Å². The summed E-state index contributed by atoms with van der Waals surface area (Å²) in [5, 5.41) is 7.52. The summed E-state index contributed by atoms with van der Waals surface area (Å²) < 4.78 is 14.5. The van der Waals surface area contributed by atoms with Crippen molar-refractivity contribution in [3.05, 3.63) is 75.2 Å². The minimum absolute atomic E-state index is 0.0325. The van der Waals surface area contributed by atoms with Gasteiger partial charge in [-0.2, -0.15) is 10.1 Å². The average molecular weight is 497 g/mol. The maximum Gasteiger partial charge on any atom is 0.226 e. The summed E-state index contributed by atoms with van der Waals surface area (Å²) in [4.78, 5) is 16.8. The van der Waals surface area contributed by atoms with Gasteiger partial charge < -0.3 is 14.8 Å². The van der Waals surface area contributed by atoms with E-state index in [9.17, 15) is 4.79 Å². The molecule has 1 aliphatic rings. The Balaban J connectivity index is 1.74. The van der Waals surface area contributed by atoms with Gasteiger partial charge in [-0.05, 0) is 66.9 Å². The topological polar surface area (TPSA) is 78.3 Å². The number of hydrogen-bond donors (Lipinski definition) is 1. The molecule has 32 heavy (non-hydrogen) atoms. The Morgan fingerprint density at radius 3 is 2.62 bits per heavy atom. The van der Waals surface area contributed by atoms with Gasteiger partial charge in [0.15, 0.2) is 17.3 Å². The lowest BCUT2D eigenvalue weighted by Crippen LogP contribution is -2.27. The zero-order chi connectivity index (χ0) is 22.8. The number of nitrogens with one attached hydrogen (secondary N) is 1. The highest BCUT2D eigenvalue weighted by Crippen LogP contribution is 2.43. The Morgan fingerprint density at radius 1 is 1.19 bits per heavy atom. The summed E-state index contributed by atoms with van der Waals surface area (Å²) >= 11 is 3.66. The normalized spacial score (nSPS) is 15.2. The minimum Gasteiger partial charge on any atom is -0.490 e. The predicted octanol–water partition coefficient (Wildman–Crippen LogP) is 5.20. The van der Waals surface area contributed by atoms with Crippen LogP contribution in [0.15, 0.2) is 58.5 Å². The van der Waals surface area contributed by atoms with Crippen LogP contribution in [0.2, 0.25) is 0 Å². The molecule has 2 aromatic carbocycles. The summed E-state index contributed by atoms with van der Waals surface area (Å²) in [6.07, 6.45) is 1.48. The summed E-state index contributed by atoms with van der Waals surface area (Å²) in [5.74, 6) is 1.78. The van der Waals surface area contributed by atoms with Crippen LogP contribution in [0.25, 0.3) is 0 Å². The molecule has 1 unspecified atom stereocenters. The third-order valence-electron chi connectivity index (χ3n) is 5.32. The van der Waals surface area contributed by atoms with E-state index in [1.807, 2.05) is 38.1 Å². The molecule has 2 heterocycles. The van der Waals surface area contributed by atoms with E-state index in [4.69, 9.17) is 9.47 Å². The number of aryl methyl sites for hydroxylation is 1. The molecule has 166 valence electrons. The van der Waals surface area contributed by atoms with Crippen molar-refractivity contribution in [3.63, 3.8) is 0 Å². The fourth-order valence-electron chi connectivity index (χ4n) is 3.84. The van der Waals surface area contributed by atoms with Crippen molar-refractivity contribution in [2.75, 3.05) is 11.9 Å². The molecule has 1 aromatic heterocycles. The maximum atomic E-state index is 12.5. The van der Waals surface area contributed by atoms with Crippen LogP contribution in [0.4, 0.5) is 5.95 Å². The summed E-state index contributed by atoms with van der Waals surface area (Å²) in [6, 6.07) is 11.7. The Bertz CT molecular complexity index is 1180. The number of ketones is 1. The van der Waals surface area contributed by atoms with Crippen LogP contribution < -0.4 is 14.8 Å². The first-order valence-electron chi connectivity index (χ1n) is 10.4. The number of anilines is 1. The van der Waals surface area contributed by atoms with E-state index < -0.39 is 6.04 Å². The number of halogens is 1. The van der Waals surface area contributed by atoms with Crippen molar-refractivity contribution >= 4 is 27.7 Å². The van der Waals surface area contributed by atoms with Gasteiger partial charge in [0.25, 0.3) is 0 Å². The molecule has 0 fully saturated rings. The molecular formula is C24H25BrN4O3. The second-order valence-corrected chi connectivity index (χ2v) is 8.54. The van der Waals surface area contributed by atoms with Crippen LogP contribution in [-0.2, 0) is 11.4 Å². The molecule has 0 saturated heterocycles. The standard InChI is InChI=1S/C24H25BrN4O3/c1-5-31-20-11-18(10-19(25)23(20)32-12-17-8-6-14(2)7-9-17)22-21(16(4)30)15(3)28-24-26-13-27-29(22)24/h6-11,13,22H,5,12H2,1-4H3,(H,26,27,28). The number of rotatable bonds is 7. The number of aromatic nitrogens is 3. The van der Waals surface area contributed by atoms with Gasteiger partial charge in [-0.1, -0.05) is 29.8 Å². The molecule has 7 nitrogen and oxygen atoms in total. The molecule has 0 aliphatic carbocycles. The Hall–Kier alpha value is -3.13. The number of Topliss-reactive ketones (excluding diaryl/α,β-unsaturated/α-hetero) is 1. The monoisotopic (exact) mass is 496 g/mol. The van der Waals surface area contributed by atoms with Crippen LogP contribution in [0, 0.1) is 6.92 Å². The van der Waals surface area contributed by atoms with Gasteiger partial charge in [-0.3, -0.25) is 4.79 Å². The van der Waals surface area contributed by atoms with Gasteiger partial charge in [0.2, 0.25) is 5.95 Å². The van der Waals surface area contributed by atoms with E-state index in [1.165, 1.54) is 11.9 Å². The van der Waals surface area contributed by atoms with E-state index in [1.54, 1.807) is 11.6 Å². The quantitative estimate of drug-likeness (QED) is 0.483. The molecule has 4 rings (SSSR count). The number of benzene rings is 2. The fourth-order valence-corrected chi connectivity index (χ4v) is 4.42. The van der Waals surface area contributed by atoms with Crippen molar-refractivity contribution in [1.29, 1.82) is 0 Å². The highest BCUT2D eigenvalue weighted by molar-refractivity contribution is 9.10. The lowest BCUT2D eigenvalue weighted by Gasteiger charge is -2.29. The van der Waals surface area contributed by atoms with Gasteiger partial charge in [-0.25, -0.2) is 4.68 Å². The smallest absolute Gasteiger partial charge is 0.226 e. The number of carbonyl (C=O) groups excluding carboxylic acids is 1. The number of ether oxygens (including phenoxy) is 2. The first-order valence-corrected chi connectivity index (χ1v) is 11.2. The lowest BCUT2D eigenvalue weighted by atomic mass is 9.93. The highest BCUT2D eigenvalue weighted by atomic mass is 79.9. The highest BCUT2D eigenvalue weighted by Gasteiger charge is 2.32. The molecule has 1 atom stereocenters. The van der Waals surface area contributed by atoms with E-state index in [0.29, 0.717) is 36.2 Å². The molecular weight excluding hydrogens is 472 g/mol. The third kappa shape index (κ3) is 4.27. The van der Waals surface area contributed by atoms with Crippen molar-refractivity contribution in [2.24, 2.45) is 0 Å². The van der Waals surface area contributed by atoms with Gasteiger partial charge in [0.05, 0.1) is 11.1 Å². The largest absolute Gasteiger partial charge is 0.490 e. The van der Waals surface area contributed by atoms with Crippen LogP contribution in [0.1, 0.15) is 43.5 Å². The van der Waals surface area contributed by atoms with E-state index in [-0.39, 0.29) is 5.78 Å². The van der Waals surface area contributed by atoms with Crippen LogP contribution in [-0.4, -0.2) is 27.2 Å². The number of nitrogens with zero attached hydrogens (tertiary/aromatic N) is 3. The molecule has 3 aromatic rings. The second-order valence-electron chi connectivity index (χ2n) is 7.69. The van der Waals surface area contributed by atoms with Crippen molar-refractivity contribution < 1.29 is 14.3 Å². The van der Waals surface area contributed by atoms with Crippen LogP contribution >= 0.6 is 15.9 Å². The van der Waals surface area contributed by atoms with Crippen molar-refractivity contribution in [1.82, 2.24) is 14.8 Å². The van der Waals surface area contributed by atoms with E-state index >= 15 is 0 Å². The molecule has 1 aliphatic heterocycles. The summed E-state index contributed by atoms with van der Waals surface area (Å²) in [5.41, 5.74) is 4.51. The first kappa shape index (κ1) is 22.1. The molecule has 0 amide bonds. The fraction of sp³-hybridized carbons (Fsp3) is 0.292. The Labute approximate surface area is 195 Å². The Morgan fingerprint density at radius 2 is 1.94 bits per heavy atom. The first-order chi connectivity index (χ1) is 15.4. The molecule has 0 radical (unpaired) electrons. The average Bonchev–Trinajstić information content (AvgIpc) is 3.21. The van der Waals surface area contributed by atoms with E-state index in [2.05, 4.69) is 50.4 Å². The zero-order valence-corrected chi connectivity index (χ0v) is 20.1. The molecule has 1 N–H and O–H groups in total. The molecule has 0 bridgehead atoms. The number of fused-ring (bicyclic) bond motifs is 1. The summed E-state index contributed by atoms with van der Waals surface area (Å²) in [7, 11) is 0. The van der Waals surface area contributed by atoms with Gasteiger partial charge >= 0.3 is 0 Å². The van der Waals surface area contributed by atoms with Gasteiger partial charge in [-0.15, -0.1) is 0 Å². The molecule has 0 saturated carbocycles. The van der Waals surface area contributed by atoms with Crippen molar-refractivity contribution in [3.8, 4) is 11.5 Å². The number of allylic oxidation sites excluding steroid dienone is 2. The van der Waals surface area contributed by atoms with Crippen molar-refractivity contribution in [2.45, 2.75) is 40.3 Å². The zero-order valence-electron chi connectivity index (χ0n) is 18.5. The van der Waals surface area contributed by atoms with Crippen LogP contribution in [0.3, 0.4) is 0 Å². The SMILES string of the molecule is CCOc1cc(C2C(C(C)=O)=C(C)Nc3ncnn32)cc(Br)c1OCc1ccc(C)cc1. The minimum atomic E-state index is -0.423. The van der Waals surface area contributed by atoms with Gasteiger partial charge in [0.1, 0.15) is 19.0 Å². The number of hydrogen-bond acceptors (Lipinski definition) is 6. The number of carbonyl (C=O) groups is 1. The Kier molecular flexibility index (Phi) is 6.32. The third-order valence-corrected chi connectivity index (χ3v) is 5.91. The molecule has 0 spiro atoms. The molecule has 8 heteroatoms. The summed E-state index contributed by atoms with van der Waals surface area (Å²) in [6.45, 7) is 8.31. The van der Waals surface area contributed by atoms with E-state index in [0.717, 1.165) is 21.3 Å². The maximum absolute atomic E-state index is 12.5. The second kappa shape index (κ2) is 9.16. The van der Waals surface area contributed by atoms with Gasteiger partial charge in [0, 0.05) is 11.3 Å².